The SMILES string of the molecule is CCOc1cc2occ(-c3cc(OC)ccc3OC)c2cc1/C(C)=C/C(=O)Nc1ccc(C)cc1. The Morgan fingerprint density at radius 1 is 0.971 bits per heavy atom. The van der Waals surface area contributed by atoms with E-state index in [1.165, 1.54) is 0 Å². The number of amides is 1. The molecule has 1 aromatic heterocycles. The van der Waals surface area contributed by atoms with Gasteiger partial charge in [0.05, 0.1) is 27.1 Å². The molecule has 3 aromatic carbocycles. The average Bonchev–Trinajstić information content (AvgIpc) is 3.27. The third kappa shape index (κ3) is 5.17. The fourth-order valence-electron chi connectivity index (χ4n) is 3.96. The lowest BCUT2D eigenvalue weighted by molar-refractivity contribution is -0.111. The van der Waals surface area contributed by atoms with Crippen LogP contribution in [-0.4, -0.2) is 26.7 Å². The first-order valence-electron chi connectivity index (χ1n) is 11.4. The van der Waals surface area contributed by atoms with Crippen molar-refractivity contribution in [2.24, 2.45) is 0 Å². The van der Waals surface area contributed by atoms with E-state index >= 15 is 0 Å². The Morgan fingerprint density at radius 3 is 2.43 bits per heavy atom. The van der Waals surface area contributed by atoms with Crippen LogP contribution in [0.25, 0.3) is 27.7 Å². The van der Waals surface area contributed by atoms with E-state index in [0.717, 1.165) is 38.9 Å². The zero-order valence-electron chi connectivity index (χ0n) is 20.6. The second kappa shape index (κ2) is 10.4. The van der Waals surface area contributed by atoms with Crippen LogP contribution in [0.4, 0.5) is 5.69 Å². The average molecular weight is 472 g/mol. The maximum absolute atomic E-state index is 12.7. The summed E-state index contributed by atoms with van der Waals surface area (Å²) in [4.78, 5) is 12.7. The maximum Gasteiger partial charge on any atom is 0.248 e. The van der Waals surface area contributed by atoms with Crippen LogP contribution in [0, 0.1) is 6.92 Å². The van der Waals surface area contributed by atoms with Gasteiger partial charge in [-0.3, -0.25) is 4.79 Å². The lowest BCUT2D eigenvalue weighted by Crippen LogP contribution is -2.08. The second-order valence-electron chi connectivity index (χ2n) is 8.18. The largest absolute Gasteiger partial charge is 0.497 e. The van der Waals surface area contributed by atoms with Crippen molar-refractivity contribution in [2.75, 3.05) is 26.1 Å². The molecule has 0 atom stereocenters. The summed E-state index contributed by atoms with van der Waals surface area (Å²) in [6.45, 7) is 6.31. The number of hydrogen-bond donors (Lipinski definition) is 1. The molecule has 4 aromatic rings. The van der Waals surface area contributed by atoms with E-state index in [-0.39, 0.29) is 5.91 Å². The summed E-state index contributed by atoms with van der Waals surface area (Å²) in [6, 6.07) is 17.2. The van der Waals surface area contributed by atoms with Crippen molar-refractivity contribution < 1.29 is 23.4 Å². The number of carbonyl (C=O) groups excluding carboxylic acids is 1. The van der Waals surface area contributed by atoms with Gasteiger partial charge in [0.2, 0.25) is 5.91 Å². The Morgan fingerprint density at radius 2 is 1.74 bits per heavy atom. The van der Waals surface area contributed by atoms with Crippen LogP contribution in [0.1, 0.15) is 25.0 Å². The van der Waals surface area contributed by atoms with Crippen LogP contribution >= 0.6 is 0 Å². The number of carbonyl (C=O) groups is 1. The van der Waals surface area contributed by atoms with Gasteiger partial charge in [-0.15, -0.1) is 0 Å². The van der Waals surface area contributed by atoms with Gasteiger partial charge in [0, 0.05) is 39.9 Å². The van der Waals surface area contributed by atoms with Crippen molar-refractivity contribution in [3.63, 3.8) is 0 Å². The van der Waals surface area contributed by atoms with E-state index in [0.29, 0.717) is 29.4 Å². The molecule has 0 saturated carbocycles. The number of anilines is 1. The molecule has 1 heterocycles. The Bertz CT molecular complexity index is 1380. The smallest absolute Gasteiger partial charge is 0.248 e. The van der Waals surface area contributed by atoms with E-state index in [4.69, 9.17) is 18.6 Å². The van der Waals surface area contributed by atoms with Crippen LogP contribution in [-0.2, 0) is 4.79 Å². The van der Waals surface area contributed by atoms with E-state index in [1.807, 2.05) is 75.4 Å². The molecule has 6 nitrogen and oxygen atoms in total. The number of rotatable bonds is 8. The summed E-state index contributed by atoms with van der Waals surface area (Å²) in [5.41, 5.74) is 5.83. The molecule has 1 amide bonds. The first-order chi connectivity index (χ1) is 16.9. The Balaban J connectivity index is 1.77. The molecule has 180 valence electrons. The number of nitrogens with one attached hydrogen (secondary N) is 1. The van der Waals surface area contributed by atoms with Gasteiger partial charge >= 0.3 is 0 Å². The van der Waals surface area contributed by atoms with Crippen LogP contribution in [0.2, 0.25) is 0 Å². The first-order valence-corrected chi connectivity index (χ1v) is 11.4. The highest BCUT2D eigenvalue weighted by atomic mass is 16.5. The molecule has 1 N–H and O–H groups in total. The number of allylic oxidation sites excluding steroid dienone is 1. The first kappa shape index (κ1) is 24.0. The molecule has 0 aliphatic rings. The number of aryl methyl sites for hydroxylation is 1. The standard InChI is InChI=1S/C29H29NO5/c1-6-34-27-16-28-24(25(17-35-28)23-14-21(32-4)11-12-26(23)33-5)15-22(27)19(3)13-29(31)30-20-9-7-18(2)8-10-20/h7-17H,6H2,1-5H3,(H,30,31)/b19-13+. The zero-order chi connectivity index (χ0) is 24.9. The normalized spacial score (nSPS) is 11.4. The minimum absolute atomic E-state index is 0.212. The molecule has 6 heteroatoms. The van der Waals surface area contributed by atoms with Gasteiger partial charge in [-0.25, -0.2) is 0 Å². The van der Waals surface area contributed by atoms with Gasteiger partial charge in [-0.2, -0.15) is 0 Å². The summed E-state index contributed by atoms with van der Waals surface area (Å²) in [5, 5.41) is 3.79. The van der Waals surface area contributed by atoms with Crippen molar-refractivity contribution in [1.82, 2.24) is 0 Å². The monoisotopic (exact) mass is 471 g/mol. The molecular weight excluding hydrogens is 442 g/mol. The Hall–Kier alpha value is -4.19. The Kier molecular flexibility index (Phi) is 7.11. The summed E-state index contributed by atoms with van der Waals surface area (Å²) in [7, 11) is 3.26. The lowest BCUT2D eigenvalue weighted by Gasteiger charge is -2.13. The van der Waals surface area contributed by atoms with Crippen LogP contribution in [0.3, 0.4) is 0 Å². The van der Waals surface area contributed by atoms with E-state index < -0.39 is 0 Å². The lowest BCUT2D eigenvalue weighted by atomic mass is 9.98. The van der Waals surface area contributed by atoms with E-state index in [9.17, 15) is 4.79 Å². The Labute approximate surface area is 205 Å². The summed E-state index contributed by atoms with van der Waals surface area (Å²) < 4.78 is 22.8. The molecule has 0 radical (unpaired) electrons. The summed E-state index contributed by atoms with van der Waals surface area (Å²) in [6.07, 6.45) is 3.28. The molecule has 0 bridgehead atoms. The van der Waals surface area contributed by atoms with Crippen LogP contribution < -0.4 is 19.5 Å². The molecular formula is C29H29NO5. The van der Waals surface area contributed by atoms with Gasteiger partial charge in [0.15, 0.2) is 0 Å². The van der Waals surface area contributed by atoms with Crippen LogP contribution in [0.5, 0.6) is 17.2 Å². The maximum atomic E-state index is 12.7. The zero-order valence-corrected chi connectivity index (χ0v) is 20.6. The summed E-state index contributed by atoms with van der Waals surface area (Å²) in [5.74, 6) is 1.85. The number of fused-ring (bicyclic) bond motifs is 1. The topological polar surface area (TPSA) is 69.9 Å². The number of methoxy groups -OCH3 is 2. The van der Waals surface area contributed by atoms with Gasteiger partial charge in [-0.05, 0) is 62.7 Å². The quantitative estimate of drug-likeness (QED) is 0.284. The molecule has 0 spiro atoms. The van der Waals surface area contributed by atoms with Gasteiger partial charge in [0.1, 0.15) is 22.8 Å². The van der Waals surface area contributed by atoms with Crippen LogP contribution in [0.15, 0.2) is 71.4 Å². The second-order valence-corrected chi connectivity index (χ2v) is 8.18. The highest BCUT2D eigenvalue weighted by molar-refractivity contribution is 6.05. The van der Waals surface area contributed by atoms with E-state index in [2.05, 4.69) is 5.32 Å². The third-order valence-electron chi connectivity index (χ3n) is 5.76. The van der Waals surface area contributed by atoms with Crippen molar-refractivity contribution in [2.45, 2.75) is 20.8 Å². The number of benzene rings is 3. The van der Waals surface area contributed by atoms with Gasteiger partial charge in [-0.1, -0.05) is 17.7 Å². The van der Waals surface area contributed by atoms with Crippen molar-refractivity contribution >= 4 is 28.1 Å². The van der Waals surface area contributed by atoms with Crippen molar-refractivity contribution in [3.8, 4) is 28.4 Å². The molecule has 0 aliphatic carbocycles. The predicted octanol–water partition coefficient (Wildman–Crippen LogP) is 6.87. The third-order valence-corrected chi connectivity index (χ3v) is 5.76. The summed E-state index contributed by atoms with van der Waals surface area (Å²) >= 11 is 0. The number of hydrogen-bond acceptors (Lipinski definition) is 5. The van der Waals surface area contributed by atoms with E-state index in [1.54, 1.807) is 26.6 Å². The fourth-order valence-corrected chi connectivity index (χ4v) is 3.96. The van der Waals surface area contributed by atoms with Gasteiger partial charge < -0.3 is 23.9 Å². The fraction of sp³-hybridized carbons (Fsp3) is 0.207. The molecule has 0 aliphatic heterocycles. The minimum atomic E-state index is -0.212. The molecule has 4 rings (SSSR count). The highest BCUT2D eigenvalue weighted by Gasteiger charge is 2.18. The number of furan rings is 1. The molecule has 0 fully saturated rings. The minimum Gasteiger partial charge on any atom is -0.497 e. The number of ether oxygens (including phenoxy) is 3. The molecule has 0 unspecified atom stereocenters. The molecule has 0 saturated heterocycles. The highest BCUT2D eigenvalue weighted by Crippen LogP contribution is 2.41. The predicted molar refractivity (Wildman–Crippen MR) is 139 cm³/mol. The molecule has 35 heavy (non-hydrogen) atoms. The van der Waals surface area contributed by atoms with Gasteiger partial charge in [0.25, 0.3) is 0 Å². The van der Waals surface area contributed by atoms with Crippen molar-refractivity contribution in [1.29, 1.82) is 0 Å². The van der Waals surface area contributed by atoms with Crippen molar-refractivity contribution in [3.05, 3.63) is 78.1 Å².